The number of benzene rings is 1. The minimum absolute atomic E-state index is 0.0775. The van der Waals surface area contributed by atoms with Crippen LogP contribution in [0.4, 0.5) is 5.69 Å². The van der Waals surface area contributed by atoms with Gasteiger partial charge in [0.15, 0.2) is 6.61 Å². The van der Waals surface area contributed by atoms with E-state index in [-0.39, 0.29) is 18.6 Å². The Kier molecular flexibility index (Phi) is 5.48. The van der Waals surface area contributed by atoms with Crippen LogP contribution < -0.4 is 10.5 Å². The van der Waals surface area contributed by atoms with E-state index in [0.29, 0.717) is 17.5 Å². The van der Waals surface area contributed by atoms with Gasteiger partial charge in [0.25, 0.3) is 5.91 Å². The highest BCUT2D eigenvalue weighted by molar-refractivity contribution is 5.78. The number of hydrogen-bond acceptors (Lipinski definition) is 3. The quantitative estimate of drug-likeness (QED) is 0.847. The summed E-state index contributed by atoms with van der Waals surface area (Å²) < 4.78 is 5.60. The molecule has 0 saturated heterocycles. The van der Waals surface area contributed by atoms with Gasteiger partial charge in [-0.15, -0.1) is 0 Å². The summed E-state index contributed by atoms with van der Waals surface area (Å²) >= 11 is 0. The molecule has 1 aliphatic carbocycles. The Morgan fingerprint density at radius 2 is 1.86 bits per heavy atom. The SMILES string of the molecule is CC(C)N(C(=O)COc1ccc(N)cc1)C1CCCCC1. The Balaban J connectivity index is 1.93. The zero-order chi connectivity index (χ0) is 15.2. The van der Waals surface area contributed by atoms with Crippen LogP contribution in [0.3, 0.4) is 0 Å². The van der Waals surface area contributed by atoms with Gasteiger partial charge in [0, 0.05) is 17.8 Å². The number of carbonyl (C=O) groups excluding carboxylic acids is 1. The maximum absolute atomic E-state index is 12.5. The van der Waals surface area contributed by atoms with E-state index in [1.807, 2.05) is 4.90 Å². The first kappa shape index (κ1) is 15.7. The summed E-state index contributed by atoms with van der Waals surface area (Å²) in [6.45, 7) is 4.25. The van der Waals surface area contributed by atoms with E-state index in [2.05, 4.69) is 13.8 Å². The third kappa shape index (κ3) is 4.38. The largest absolute Gasteiger partial charge is 0.484 e. The normalized spacial score (nSPS) is 16.0. The maximum atomic E-state index is 12.5. The highest BCUT2D eigenvalue weighted by atomic mass is 16.5. The Hall–Kier alpha value is -1.71. The summed E-state index contributed by atoms with van der Waals surface area (Å²) in [7, 11) is 0. The van der Waals surface area contributed by atoms with Crippen molar-refractivity contribution in [1.29, 1.82) is 0 Å². The number of nitrogens with two attached hydrogens (primary N) is 1. The number of carbonyl (C=O) groups is 1. The molecule has 4 nitrogen and oxygen atoms in total. The molecule has 2 rings (SSSR count). The van der Waals surface area contributed by atoms with Crippen molar-refractivity contribution < 1.29 is 9.53 Å². The van der Waals surface area contributed by atoms with Crippen LogP contribution in [-0.2, 0) is 4.79 Å². The van der Waals surface area contributed by atoms with Crippen LogP contribution in [0, 0.1) is 0 Å². The maximum Gasteiger partial charge on any atom is 0.260 e. The van der Waals surface area contributed by atoms with Crippen LogP contribution in [0.25, 0.3) is 0 Å². The topological polar surface area (TPSA) is 55.6 Å². The van der Waals surface area contributed by atoms with E-state index < -0.39 is 0 Å². The summed E-state index contributed by atoms with van der Waals surface area (Å²) in [5.41, 5.74) is 6.33. The van der Waals surface area contributed by atoms with Crippen molar-refractivity contribution in [2.45, 2.75) is 58.0 Å². The monoisotopic (exact) mass is 290 g/mol. The Bertz CT molecular complexity index is 450. The molecule has 0 unspecified atom stereocenters. The van der Waals surface area contributed by atoms with Crippen LogP contribution in [0.1, 0.15) is 46.0 Å². The van der Waals surface area contributed by atoms with E-state index in [0.717, 1.165) is 12.8 Å². The molecule has 1 aromatic rings. The lowest BCUT2D eigenvalue weighted by atomic mass is 9.93. The molecular weight excluding hydrogens is 264 g/mol. The van der Waals surface area contributed by atoms with Crippen LogP contribution in [0.5, 0.6) is 5.75 Å². The standard InChI is InChI=1S/C17H26N2O2/c1-13(2)19(15-6-4-3-5-7-15)17(20)12-21-16-10-8-14(18)9-11-16/h8-11,13,15H,3-7,12,18H2,1-2H3. The van der Waals surface area contributed by atoms with Crippen LogP contribution >= 0.6 is 0 Å². The smallest absolute Gasteiger partial charge is 0.260 e. The Morgan fingerprint density at radius 3 is 2.43 bits per heavy atom. The van der Waals surface area contributed by atoms with E-state index >= 15 is 0 Å². The third-order valence-electron chi connectivity index (χ3n) is 4.05. The molecule has 0 aromatic heterocycles. The van der Waals surface area contributed by atoms with Gasteiger partial charge < -0.3 is 15.4 Å². The van der Waals surface area contributed by atoms with Crippen molar-refractivity contribution >= 4 is 11.6 Å². The third-order valence-corrected chi connectivity index (χ3v) is 4.05. The fourth-order valence-electron chi connectivity index (χ4n) is 3.06. The predicted octanol–water partition coefficient (Wildman–Crippen LogP) is 3.22. The number of ether oxygens (including phenoxy) is 1. The fourth-order valence-corrected chi connectivity index (χ4v) is 3.06. The van der Waals surface area contributed by atoms with Gasteiger partial charge in [0.1, 0.15) is 5.75 Å². The van der Waals surface area contributed by atoms with Crippen LogP contribution in [0.15, 0.2) is 24.3 Å². The molecule has 2 N–H and O–H groups in total. The first-order valence-corrected chi connectivity index (χ1v) is 7.87. The molecule has 0 heterocycles. The fraction of sp³-hybridized carbons (Fsp3) is 0.588. The molecule has 0 atom stereocenters. The van der Waals surface area contributed by atoms with Gasteiger partial charge in [-0.2, -0.15) is 0 Å². The second-order valence-electron chi connectivity index (χ2n) is 6.04. The van der Waals surface area contributed by atoms with E-state index in [1.54, 1.807) is 24.3 Å². The molecule has 1 saturated carbocycles. The summed E-state index contributed by atoms with van der Waals surface area (Å²) in [5.74, 6) is 0.763. The summed E-state index contributed by atoms with van der Waals surface area (Å²) in [6, 6.07) is 7.74. The Morgan fingerprint density at radius 1 is 1.24 bits per heavy atom. The van der Waals surface area contributed by atoms with Crippen LogP contribution in [0.2, 0.25) is 0 Å². The zero-order valence-electron chi connectivity index (χ0n) is 13.0. The molecule has 0 spiro atoms. The van der Waals surface area contributed by atoms with Crippen molar-refractivity contribution in [3.63, 3.8) is 0 Å². The molecule has 1 aromatic carbocycles. The molecular formula is C17H26N2O2. The zero-order valence-corrected chi connectivity index (χ0v) is 13.0. The highest BCUT2D eigenvalue weighted by Crippen LogP contribution is 2.24. The number of nitrogens with zero attached hydrogens (tertiary/aromatic N) is 1. The number of nitrogen functional groups attached to an aromatic ring is 1. The first-order chi connectivity index (χ1) is 10.1. The van der Waals surface area contributed by atoms with Gasteiger partial charge in [-0.3, -0.25) is 4.79 Å². The molecule has 0 aliphatic heterocycles. The summed E-state index contributed by atoms with van der Waals surface area (Å²) in [5, 5.41) is 0. The second-order valence-corrected chi connectivity index (χ2v) is 6.04. The Labute approximate surface area is 127 Å². The van der Waals surface area contributed by atoms with Crippen molar-refractivity contribution in [3.05, 3.63) is 24.3 Å². The lowest BCUT2D eigenvalue weighted by Gasteiger charge is -2.37. The molecule has 1 amide bonds. The van der Waals surface area contributed by atoms with E-state index in [1.165, 1.54) is 19.3 Å². The first-order valence-electron chi connectivity index (χ1n) is 7.87. The molecule has 21 heavy (non-hydrogen) atoms. The minimum Gasteiger partial charge on any atom is -0.484 e. The van der Waals surface area contributed by atoms with E-state index in [9.17, 15) is 4.79 Å². The predicted molar refractivity (Wildman–Crippen MR) is 85.2 cm³/mol. The second kappa shape index (κ2) is 7.34. The molecule has 0 radical (unpaired) electrons. The van der Waals surface area contributed by atoms with Gasteiger partial charge in [-0.25, -0.2) is 0 Å². The molecule has 116 valence electrons. The van der Waals surface area contributed by atoms with Gasteiger partial charge >= 0.3 is 0 Å². The van der Waals surface area contributed by atoms with Crippen molar-refractivity contribution in [2.24, 2.45) is 0 Å². The number of amides is 1. The van der Waals surface area contributed by atoms with Gasteiger partial charge in [-0.1, -0.05) is 19.3 Å². The molecule has 1 aliphatic rings. The average Bonchev–Trinajstić information content (AvgIpc) is 2.47. The summed E-state index contributed by atoms with van der Waals surface area (Å²) in [4.78, 5) is 14.5. The van der Waals surface area contributed by atoms with Gasteiger partial charge in [-0.05, 0) is 51.0 Å². The highest BCUT2D eigenvalue weighted by Gasteiger charge is 2.27. The van der Waals surface area contributed by atoms with Gasteiger partial charge in [0.2, 0.25) is 0 Å². The van der Waals surface area contributed by atoms with Crippen molar-refractivity contribution in [1.82, 2.24) is 4.90 Å². The lowest BCUT2D eigenvalue weighted by Crippen LogP contribution is -2.47. The minimum atomic E-state index is 0.0775. The van der Waals surface area contributed by atoms with Crippen molar-refractivity contribution in [3.8, 4) is 5.75 Å². The van der Waals surface area contributed by atoms with Crippen molar-refractivity contribution in [2.75, 3.05) is 12.3 Å². The van der Waals surface area contributed by atoms with E-state index in [4.69, 9.17) is 10.5 Å². The van der Waals surface area contributed by atoms with Gasteiger partial charge in [0.05, 0.1) is 0 Å². The number of rotatable bonds is 5. The summed E-state index contributed by atoms with van der Waals surface area (Å²) in [6.07, 6.45) is 5.97. The number of anilines is 1. The lowest BCUT2D eigenvalue weighted by molar-refractivity contribution is -0.138. The molecule has 1 fully saturated rings. The number of hydrogen-bond donors (Lipinski definition) is 1. The molecule has 4 heteroatoms. The average molecular weight is 290 g/mol. The molecule has 0 bridgehead atoms. The van der Waals surface area contributed by atoms with Crippen LogP contribution in [-0.4, -0.2) is 29.5 Å².